The Morgan fingerprint density at radius 1 is 1.00 bits per heavy atom. The minimum atomic E-state index is -0.233. The molecule has 2 rings (SSSR count). The van der Waals surface area contributed by atoms with E-state index in [1.807, 2.05) is 32.9 Å². The van der Waals surface area contributed by atoms with Crippen LogP contribution < -0.4 is 5.32 Å². The second-order valence-corrected chi connectivity index (χ2v) is 5.83. The number of anilines is 1. The number of carbonyl (C=O) groups excluding carboxylic acids is 1. The Bertz CT molecular complexity index is 680. The highest BCUT2D eigenvalue weighted by atomic mass is 35.5. The number of aryl methyl sites for hydroxylation is 3. The van der Waals surface area contributed by atoms with E-state index in [9.17, 15) is 9.90 Å². The van der Waals surface area contributed by atoms with Crippen molar-refractivity contribution in [3.63, 3.8) is 0 Å². The molecule has 2 aromatic rings. The smallest absolute Gasteiger partial charge is 0.256 e. The molecule has 0 aliphatic rings. The van der Waals surface area contributed by atoms with Gasteiger partial charge >= 0.3 is 0 Å². The minimum Gasteiger partial charge on any atom is -0.505 e. The van der Waals surface area contributed by atoms with E-state index >= 15 is 0 Å². The monoisotopic (exact) mass is 323 g/mol. The standard InChI is InChI=1S/C16H15Cl2NO2/c1-8-4-9(2)14(10(3)5-8)16(21)19-11-6-12(17)15(20)13(18)7-11/h4-7,20H,1-3H3,(H,19,21). The molecule has 0 aliphatic heterocycles. The molecule has 0 aliphatic carbocycles. The molecule has 5 heteroatoms. The van der Waals surface area contributed by atoms with Crippen molar-refractivity contribution >= 4 is 34.8 Å². The summed E-state index contributed by atoms with van der Waals surface area (Å²) in [5.41, 5.74) is 3.98. The van der Waals surface area contributed by atoms with Crippen LogP contribution in [0.4, 0.5) is 5.69 Å². The molecule has 0 radical (unpaired) electrons. The summed E-state index contributed by atoms with van der Waals surface area (Å²) in [5.74, 6) is -0.429. The van der Waals surface area contributed by atoms with E-state index in [4.69, 9.17) is 23.2 Å². The maximum absolute atomic E-state index is 12.4. The van der Waals surface area contributed by atoms with Crippen molar-refractivity contribution in [3.05, 3.63) is 56.6 Å². The molecule has 0 saturated heterocycles. The zero-order valence-electron chi connectivity index (χ0n) is 11.9. The third kappa shape index (κ3) is 3.31. The van der Waals surface area contributed by atoms with E-state index in [2.05, 4.69) is 5.32 Å². The zero-order chi connectivity index (χ0) is 15.7. The van der Waals surface area contributed by atoms with Crippen LogP contribution >= 0.6 is 23.2 Å². The van der Waals surface area contributed by atoms with Crippen molar-refractivity contribution < 1.29 is 9.90 Å². The highest BCUT2D eigenvalue weighted by molar-refractivity contribution is 6.37. The summed E-state index contributed by atoms with van der Waals surface area (Å²) in [4.78, 5) is 12.4. The predicted octanol–water partition coefficient (Wildman–Crippen LogP) is 4.88. The van der Waals surface area contributed by atoms with E-state index in [0.29, 0.717) is 11.3 Å². The third-order valence-electron chi connectivity index (χ3n) is 3.18. The van der Waals surface area contributed by atoms with Gasteiger partial charge in [0.25, 0.3) is 5.91 Å². The number of hydrogen-bond acceptors (Lipinski definition) is 2. The molecular weight excluding hydrogens is 309 g/mol. The first-order chi connectivity index (χ1) is 9.79. The number of aromatic hydroxyl groups is 1. The number of carbonyl (C=O) groups is 1. The van der Waals surface area contributed by atoms with Crippen molar-refractivity contribution in [2.45, 2.75) is 20.8 Å². The van der Waals surface area contributed by atoms with Gasteiger partial charge in [0, 0.05) is 11.3 Å². The van der Waals surface area contributed by atoms with Gasteiger partial charge in [0.05, 0.1) is 10.0 Å². The Morgan fingerprint density at radius 3 is 1.95 bits per heavy atom. The lowest BCUT2D eigenvalue weighted by Crippen LogP contribution is -2.15. The number of rotatable bonds is 2. The van der Waals surface area contributed by atoms with Gasteiger partial charge in [0.2, 0.25) is 0 Å². The van der Waals surface area contributed by atoms with Gasteiger partial charge in [-0.05, 0) is 44.0 Å². The fourth-order valence-corrected chi connectivity index (χ4v) is 2.86. The van der Waals surface area contributed by atoms with Gasteiger partial charge in [-0.2, -0.15) is 0 Å². The molecule has 0 atom stereocenters. The summed E-state index contributed by atoms with van der Waals surface area (Å²) in [7, 11) is 0. The fraction of sp³-hybridized carbons (Fsp3) is 0.188. The van der Waals surface area contributed by atoms with Crippen LogP contribution in [0.5, 0.6) is 5.75 Å². The maximum atomic E-state index is 12.4. The number of phenols is 1. The lowest BCUT2D eigenvalue weighted by atomic mass is 9.99. The van der Waals surface area contributed by atoms with Crippen LogP contribution in [0.25, 0.3) is 0 Å². The Labute approximate surface area is 133 Å². The average Bonchev–Trinajstić information content (AvgIpc) is 2.34. The lowest BCUT2D eigenvalue weighted by molar-refractivity contribution is 0.102. The van der Waals surface area contributed by atoms with Gasteiger partial charge in [0.1, 0.15) is 0 Å². The lowest BCUT2D eigenvalue weighted by Gasteiger charge is -2.12. The van der Waals surface area contributed by atoms with E-state index in [-0.39, 0.29) is 21.7 Å². The van der Waals surface area contributed by atoms with Gasteiger partial charge in [-0.1, -0.05) is 40.9 Å². The van der Waals surface area contributed by atoms with Gasteiger partial charge in [-0.15, -0.1) is 0 Å². The highest BCUT2D eigenvalue weighted by Crippen LogP contribution is 2.34. The summed E-state index contributed by atoms with van der Waals surface area (Å²) >= 11 is 11.7. The molecule has 0 aromatic heterocycles. The SMILES string of the molecule is Cc1cc(C)c(C(=O)Nc2cc(Cl)c(O)c(Cl)c2)c(C)c1. The Morgan fingerprint density at radius 2 is 1.48 bits per heavy atom. The first-order valence-corrected chi connectivity index (χ1v) is 7.12. The van der Waals surface area contributed by atoms with Crippen molar-refractivity contribution in [1.29, 1.82) is 0 Å². The van der Waals surface area contributed by atoms with Crippen LogP contribution in [-0.4, -0.2) is 11.0 Å². The minimum absolute atomic E-state index is 0.0927. The van der Waals surface area contributed by atoms with Crippen molar-refractivity contribution in [2.75, 3.05) is 5.32 Å². The highest BCUT2D eigenvalue weighted by Gasteiger charge is 2.14. The molecule has 0 fully saturated rings. The summed E-state index contributed by atoms with van der Waals surface area (Å²) < 4.78 is 0. The number of benzene rings is 2. The normalized spacial score (nSPS) is 10.5. The third-order valence-corrected chi connectivity index (χ3v) is 3.76. The van der Waals surface area contributed by atoms with Gasteiger partial charge in [0.15, 0.2) is 5.75 Å². The first kappa shape index (κ1) is 15.7. The first-order valence-electron chi connectivity index (χ1n) is 6.37. The Kier molecular flexibility index (Phi) is 4.45. The Hall–Kier alpha value is -1.71. The molecule has 110 valence electrons. The summed E-state index contributed by atoms with van der Waals surface area (Å²) in [6, 6.07) is 6.83. The van der Waals surface area contributed by atoms with Crippen LogP contribution in [0.3, 0.4) is 0 Å². The molecule has 3 nitrogen and oxygen atoms in total. The fourth-order valence-electron chi connectivity index (χ4n) is 2.37. The van der Waals surface area contributed by atoms with Crippen LogP contribution in [0.15, 0.2) is 24.3 Å². The van der Waals surface area contributed by atoms with Crippen molar-refractivity contribution in [1.82, 2.24) is 0 Å². The van der Waals surface area contributed by atoms with E-state index in [1.165, 1.54) is 12.1 Å². The molecule has 0 unspecified atom stereocenters. The molecular formula is C16H15Cl2NO2. The average molecular weight is 324 g/mol. The molecule has 1 amide bonds. The second kappa shape index (κ2) is 5.96. The summed E-state index contributed by atoms with van der Waals surface area (Å²) in [6.07, 6.45) is 0. The van der Waals surface area contributed by atoms with Crippen molar-refractivity contribution in [2.24, 2.45) is 0 Å². The maximum Gasteiger partial charge on any atom is 0.256 e. The molecule has 0 spiro atoms. The Balaban J connectivity index is 2.35. The predicted molar refractivity (Wildman–Crippen MR) is 86.7 cm³/mol. The van der Waals surface area contributed by atoms with E-state index < -0.39 is 0 Å². The second-order valence-electron chi connectivity index (χ2n) is 5.02. The summed E-state index contributed by atoms with van der Waals surface area (Å²) in [6.45, 7) is 5.78. The topological polar surface area (TPSA) is 49.3 Å². The van der Waals surface area contributed by atoms with Crippen LogP contribution in [-0.2, 0) is 0 Å². The molecule has 0 heterocycles. The summed E-state index contributed by atoms with van der Waals surface area (Å²) in [5, 5.41) is 12.5. The number of amides is 1. The molecule has 0 saturated carbocycles. The molecule has 2 aromatic carbocycles. The number of nitrogens with one attached hydrogen (secondary N) is 1. The quantitative estimate of drug-likeness (QED) is 0.774. The van der Waals surface area contributed by atoms with Crippen LogP contribution in [0, 0.1) is 20.8 Å². The van der Waals surface area contributed by atoms with Gasteiger partial charge < -0.3 is 10.4 Å². The van der Waals surface area contributed by atoms with Crippen LogP contribution in [0.2, 0.25) is 10.0 Å². The van der Waals surface area contributed by atoms with E-state index in [1.54, 1.807) is 0 Å². The van der Waals surface area contributed by atoms with Crippen molar-refractivity contribution in [3.8, 4) is 5.75 Å². The molecule has 21 heavy (non-hydrogen) atoms. The van der Waals surface area contributed by atoms with E-state index in [0.717, 1.165) is 16.7 Å². The number of hydrogen-bond donors (Lipinski definition) is 2. The molecule has 2 N–H and O–H groups in total. The number of halogens is 2. The van der Waals surface area contributed by atoms with Gasteiger partial charge in [-0.25, -0.2) is 0 Å². The zero-order valence-corrected chi connectivity index (χ0v) is 13.4. The largest absolute Gasteiger partial charge is 0.505 e. The van der Waals surface area contributed by atoms with Gasteiger partial charge in [-0.3, -0.25) is 4.79 Å². The molecule has 0 bridgehead atoms. The number of phenolic OH excluding ortho intramolecular Hbond substituents is 1. The van der Waals surface area contributed by atoms with Crippen LogP contribution in [0.1, 0.15) is 27.0 Å².